The zero-order valence-corrected chi connectivity index (χ0v) is 13.6. The van der Waals surface area contributed by atoms with Crippen LogP contribution in [0.15, 0.2) is 30.9 Å². The van der Waals surface area contributed by atoms with Crippen molar-refractivity contribution in [1.29, 1.82) is 0 Å². The third kappa shape index (κ3) is 6.89. The molecule has 0 aliphatic rings. The van der Waals surface area contributed by atoms with Crippen molar-refractivity contribution in [1.82, 2.24) is 4.90 Å². The highest BCUT2D eigenvalue weighted by Gasteiger charge is 2.13. The van der Waals surface area contributed by atoms with Gasteiger partial charge in [-0.05, 0) is 37.9 Å². The molecule has 0 aliphatic carbocycles. The van der Waals surface area contributed by atoms with E-state index in [1.54, 1.807) is 6.08 Å². The van der Waals surface area contributed by atoms with E-state index in [0.29, 0.717) is 19.8 Å². The molecule has 1 unspecified atom stereocenters. The van der Waals surface area contributed by atoms with Gasteiger partial charge in [0.2, 0.25) is 0 Å². The maximum Gasteiger partial charge on any atom is 0.0900 e. The van der Waals surface area contributed by atoms with Crippen molar-refractivity contribution in [2.45, 2.75) is 39.8 Å². The lowest BCUT2D eigenvalue weighted by Gasteiger charge is -2.25. The third-order valence-corrected chi connectivity index (χ3v) is 3.45. The minimum atomic E-state index is -0.457. The summed E-state index contributed by atoms with van der Waals surface area (Å²) in [5.74, 6) is 0. The van der Waals surface area contributed by atoms with E-state index >= 15 is 0 Å². The molecule has 0 saturated carbocycles. The molecule has 1 aromatic rings. The molecule has 21 heavy (non-hydrogen) atoms. The van der Waals surface area contributed by atoms with Gasteiger partial charge in [-0.3, -0.25) is 4.90 Å². The minimum absolute atomic E-state index is 0.360. The lowest BCUT2D eigenvalue weighted by molar-refractivity contribution is 0.0246. The van der Waals surface area contributed by atoms with E-state index in [-0.39, 0.29) is 0 Å². The van der Waals surface area contributed by atoms with Crippen LogP contribution in [0.5, 0.6) is 0 Å². The van der Waals surface area contributed by atoms with Gasteiger partial charge < -0.3 is 9.84 Å². The fourth-order valence-electron chi connectivity index (χ4n) is 2.40. The molecule has 0 radical (unpaired) electrons. The second-order valence-electron chi connectivity index (χ2n) is 5.65. The fourth-order valence-corrected chi connectivity index (χ4v) is 2.40. The summed E-state index contributed by atoms with van der Waals surface area (Å²) in [5, 5.41) is 10.1. The summed E-state index contributed by atoms with van der Waals surface area (Å²) in [7, 11) is 0. The largest absolute Gasteiger partial charge is 0.389 e. The molecule has 0 bridgehead atoms. The summed E-state index contributed by atoms with van der Waals surface area (Å²) >= 11 is 0. The molecule has 1 N–H and O–H groups in total. The molecule has 118 valence electrons. The molecular weight excluding hydrogens is 262 g/mol. The minimum Gasteiger partial charge on any atom is -0.389 e. The fraction of sp³-hybridized carbons (Fsp3) is 0.556. The topological polar surface area (TPSA) is 32.7 Å². The number of hydrogen-bond acceptors (Lipinski definition) is 3. The molecule has 1 aromatic carbocycles. The Morgan fingerprint density at radius 1 is 1.38 bits per heavy atom. The number of benzene rings is 1. The number of nitrogens with zero attached hydrogens (tertiary/aromatic N) is 1. The molecule has 0 saturated heterocycles. The van der Waals surface area contributed by atoms with Crippen molar-refractivity contribution in [3.8, 4) is 0 Å². The van der Waals surface area contributed by atoms with Crippen molar-refractivity contribution in [3.63, 3.8) is 0 Å². The van der Waals surface area contributed by atoms with E-state index in [1.807, 2.05) is 0 Å². The normalized spacial score (nSPS) is 12.6. The van der Waals surface area contributed by atoms with Crippen LogP contribution in [0.2, 0.25) is 0 Å². The van der Waals surface area contributed by atoms with Gasteiger partial charge in [-0.2, -0.15) is 0 Å². The Morgan fingerprint density at radius 2 is 2.14 bits per heavy atom. The lowest BCUT2D eigenvalue weighted by Crippen LogP contribution is -2.35. The SMILES string of the molecule is C=CCOCC(O)CN(CCC)Cc1cc(C)ccc1C. The first kappa shape index (κ1) is 17.9. The first-order chi connectivity index (χ1) is 10.1. The van der Waals surface area contributed by atoms with Crippen LogP contribution in [-0.2, 0) is 11.3 Å². The number of aryl methyl sites for hydroxylation is 2. The van der Waals surface area contributed by atoms with Gasteiger partial charge in [0.05, 0.1) is 19.3 Å². The smallest absolute Gasteiger partial charge is 0.0900 e. The highest BCUT2D eigenvalue weighted by atomic mass is 16.5. The predicted molar refractivity (Wildman–Crippen MR) is 88.5 cm³/mol. The summed E-state index contributed by atoms with van der Waals surface area (Å²) in [5.41, 5.74) is 3.92. The molecule has 1 atom stereocenters. The average Bonchev–Trinajstić information content (AvgIpc) is 2.43. The number of aliphatic hydroxyl groups excluding tert-OH is 1. The van der Waals surface area contributed by atoms with Gasteiger partial charge in [0.15, 0.2) is 0 Å². The van der Waals surface area contributed by atoms with E-state index in [9.17, 15) is 5.11 Å². The van der Waals surface area contributed by atoms with Gasteiger partial charge in [-0.1, -0.05) is 36.8 Å². The quantitative estimate of drug-likeness (QED) is 0.531. The number of ether oxygens (including phenoxy) is 1. The Balaban J connectivity index is 2.59. The van der Waals surface area contributed by atoms with E-state index in [2.05, 4.69) is 50.4 Å². The van der Waals surface area contributed by atoms with Crippen LogP contribution in [0.1, 0.15) is 30.0 Å². The van der Waals surface area contributed by atoms with Crippen LogP contribution in [0.4, 0.5) is 0 Å². The number of aliphatic hydroxyl groups is 1. The van der Waals surface area contributed by atoms with Crippen LogP contribution in [0, 0.1) is 13.8 Å². The zero-order chi connectivity index (χ0) is 15.7. The van der Waals surface area contributed by atoms with Gasteiger partial charge in [-0.25, -0.2) is 0 Å². The van der Waals surface area contributed by atoms with Crippen molar-refractivity contribution in [3.05, 3.63) is 47.5 Å². The van der Waals surface area contributed by atoms with Crippen molar-refractivity contribution >= 4 is 0 Å². The first-order valence-electron chi connectivity index (χ1n) is 7.72. The second-order valence-corrected chi connectivity index (χ2v) is 5.65. The van der Waals surface area contributed by atoms with Crippen LogP contribution in [0.25, 0.3) is 0 Å². The lowest BCUT2D eigenvalue weighted by atomic mass is 10.0. The van der Waals surface area contributed by atoms with E-state index in [4.69, 9.17) is 4.74 Å². The highest BCUT2D eigenvalue weighted by molar-refractivity contribution is 5.30. The maximum atomic E-state index is 10.1. The van der Waals surface area contributed by atoms with Gasteiger partial charge in [0.1, 0.15) is 0 Å². The Hall–Kier alpha value is -1.16. The molecule has 3 heteroatoms. The van der Waals surface area contributed by atoms with Crippen molar-refractivity contribution in [2.75, 3.05) is 26.3 Å². The average molecular weight is 291 g/mol. The van der Waals surface area contributed by atoms with Gasteiger partial charge >= 0.3 is 0 Å². The Bertz CT molecular complexity index is 431. The summed E-state index contributed by atoms with van der Waals surface area (Å²) < 4.78 is 5.32. The first-order valence-corrected chi connectivity index (χ1v) is 7.72. The van der Waals surface area contributed by atoms with Gasteiger partial charge in [-0.15, -0.1) is 6.58 Å². The predicted octanol–water partition coefficient (Wildman–Crippen LogP) is 3.08. The van der Waals surface area contributed by atoms with Gasteiger partial charge in [0, 0.05) is 13.1 Å². The summed E-state index contributed by atoms with van der Waals surface area (Å²) in [6.45, 7) is 13.4. The van der Waals surface area contributed by atoms with E-state index in [1.165, 1.54) is 16.7 Å². The monoisotopic (exact) mass is 291 g/mol. The standard InChI is InChI=1S/C18H29NO2/c1-5-9-19(13-18(20)14-21-10-6-2)12-17-11-15(3)7-8-16(17)4/h6-8,11,18,20H,2,5,9-10,12-14H2,1,3-4H3. The Labute approximate surface area is 129 Å². The molecule has 1 rings (SSSR count). The van der Waals surface area contributed by atoms with Crippen LogP contribution in [0.3, 0.4) is 0 Å². The molecule has 0 spiro atoms. The van der Waals surface area contributed by atoms with E-state index in [0.717, 1.165) is 19.5 Å². The Kier molecular flexibility index (Phi) is 8.28. The molecular formula is C18H29NO2. The molecule has 0 heterocycles. The molecule has 0 aliphatic heterocycles. The summed E-state index contributed by atoms with van der Waals surface area (Å²) in [4.78, 5) is 2.30. The second kappa shape index (κ2) is 9.72. The van der Waals surface area contributed by atoms with Crippen molar-refractivity contribution < 1.29 is 9.84 Å². The van der Waals surface area contributed by atoms with Crippen LogP contribution in [-0.4, -0.2) is 42.4 Å². The van der Waals surface area contributed by atoms with Crippen molar-refractivity contribution in [2.24, 2.45) is 0 Å². The summed E-state index contributed by atoms with van der Waals surface area (Å²) in [6, 6.07) is 6.54. The maximum absolute atomic E-state index is 10.1. The van der Waals surface area contributed by atoms with Crippen LogP contribution >= 0.6 is 0 Å². The third-order valence-electron chi connectivity index (χ3n) is 3.45. The zero-order valence-electron chi connectivity index (χ0n) is 13.6. The summed E-state index contributed by atoms with van der Waals surface area (Å²) in [6.07, 6.45) is 2.32. The highest BCUT2D eigenvalue weighted by Crippen LogP contribution is 2.14. The van der Waals surface area contributed by atoms with Gasteiger partial charge in [0.25, 0.3) is 0 Å². The molecule has 0 fully saturated rings. The van der Waals surface area contributed by atoms with Crippen LogP contribution < -0.4 is 0 Å². The molecule has 0 aromatic heterocycles. The Morgan fingerprint density at radius 3 is 2.81 bits per heavy atom. The van der Waals surface area contributed by atoms with E-state index < -0.39 is 6.10 Å². The molecule has 3 nitrogen and oxygen atoms in total. The molecule has 0 amide bonds. The number of rotatable bonds is 10. The number of hydrogen-bond donors (Lipinski definition) is 1.